The standard InChI is InChI=1S/C26H23N5O5/c32-23-19-6-1-2-7-20(19)26(35,16-8-9-21-22(14-16)28-24(27-21)29-25(33)34)31(23)18-5-3-4-17(15-18)30-10-12-36-13-11-30/h1-9,14-15,35H,10-13H2,(H,33,34)(H2,27,28,29). The number of aromatic amines is 1. The van der Waals surface area contributed by atoms with Crippen LogP contribution in [-0.4, -0.2) is 58.5 Å². The minimum absolute atomic E-state index is 0.0691. The number of nitrogens with zero attached hydrogens (tertiary/aromatic N) is 3. The average Bonchev–Trinajstić information content (AvgIpc) is 3.40. The number of hydrogen-bond donors (Lipinski definition) is 4. The maximum absolute atomic E-state index is 13.7. The van der Waals surface area contributed by atoms with Gasteiger partial charge < -0.3 is 24.8 Å². The van der Waals surface area contributed by atoms with Crippen LogP contribution >= 0.6 is 0 Å². The lowest BCUT2D eigenvalue weighted by atomic mass is 9.93. The summed E-state index contributed by atoms with van der Waals surface area (Å²) in [5.74, 6) is -0.248. The van der Waals surface area contributed by atoms with E-state index in [2.05, 4.69) is 20.2 Å². The van der Waals surface area contributed by atoms with Crippen LogP contribution in [0.1, 0.15) is 21.5 Å². The fraction of sp³-hybridized carbons (Fsp3) is 0.192. The Morgan fingerprint density at radius 2 is 1.81 bits per heavy atom. The van der Waals surface area contributed by atoms with E-state index in [1.54, 1.807) is 48.5 Å². The molecule has 1 saturated heterocycles. The van der Waals surface area contributed by atoms with Crippen molar-refractivity contribution in [2.75, 3.05) is 41.4 Å². The smallest absolute Gasteiger partial charge is 0.411 e. The molecule has 2 aliphatic rings. The van der Waals surface area contributed by atoms with Crippen LogP contribution < -0.4 is 15.1 Å². The normalized spacial score (nSPS) is 19.5. The molecule has 182 valence electrons. The Bertz CT molecular complexity index is 1500. The van der Waals surface area contributed by atoms with E-state index in [-0.39, 0.29) is 11.9 Å². The largest absolute Gasteiger partial charge is 0.465 e. The maximum atomic E-state index is 13.7. The molecule has 3 aromatic carbocycles. The number of anilines is 3. The summed E-state index contributed by atoms with van der Waals surface area (Å²) in [6.45, 7) is 2.74. The number of aliphatic hydroxyl groups is 1. The van der Waals surface area contributed by atoms with Gasteiger partial charge in [0.25, 0.3) is 5.91 Å². The number of nitrogens with one attached hydrogen (secondary N) is 2. The molecule has 2 aliphatic heterocycles. The van der Waals surface area contributed by atoms with Crippen molar-refractivity contribution in [2.24, 2.45) is 0 Å². The van der Waals surface area contributed by atoms with Gasteiger partial charge in [0, 0.05) is 41.2 Å². The van der Waals surface area contributed by atoms with Crippen molar-refractivity contribution in [3.05, 3.63) is 83.4 Å². The Balaban J connectivity index is 1.48. The van der Waals surface area contributed by atoms with Gasteiger partial charge in [-0.05, 0) is 36.4 Å². The summed E-state index contributed by atoms with van der Waals surface area (Å²) in [6.07, 6.45) is -1.24. The van der Waals surface area contributed by atoms with E-state index in [4.69, 9.17) is 9.84 Å². The van der Waals surface area contributed by atoms with Crippen molar-refractivity contribution < 1.29 is 24.5 Å². The van der Waals surface area contributed by atoms with Gasteiger partial charge >= 0.3 is 6.09 Å². The first kappa shape index (κ1) is 22.1. The number of benzene rings is 3. The van der Waals surface area contributed by atoms with Crippen molar-refractivity contribution in [3.8, 4) is 0 Å². The Kier molecular flexibility index (Phi) is 5.13. The molecular formula is C26H23N5O5. The van der Waals surface area contributed by atoms with Crippen molar-refractivity contribution >= 4 is 40.4 Å². The summed E-state index contributed by atoms with van der Waals surface area (Å²) in [4.78, 5) is 35.5. The number of fused-ring (bicyclic) bond motifs is 2. The average molecular weight is 486 g/mol. The zero-order valence-electron chi connectivity index (χ0n) is 19.1. The fourth-order valence-corrected chi connectivity index (χ4v) is 4.98. The number of carbonyl (C=O) groups excluding carboxylic acids is 1. The van der Waals surface area contributed by atoms with Gasteiger partial charge in [-0.1, -0.05) is 30.3 Å². The van der Waals surface area contributed by atoms with Gasteiger partial charge in [0.2, 0.25) is 5.95 Å². The van der Waals surface area contributed by atoms with Crippen molar-refractivity contribution in [1.82, 2.24) is 9.97 Å². The van der Waals surface area contributed by atoms with Gasteiger partial charge in [0.1, 0.15) is 0 Å². The first-order valence-corrected chi connectivity index (χ1v) is 11.5. The number of imidazole rings is 1. The molecule has 0 saturated carbocycles. The topological polar surface area (TPSA) is 131 Å². The van der Waals surface area contributed by atoms with Gasteiger partial charge in [-0.2, -0.15) is 0 Å². The molecule has 2 amide bonds. The summed E-state index contributed by atoms with van der Waals surface area (Å²) < 4.78 is 5.47. The number of morpholine rings is 1. The van der Waals surface area contributed by atoms with Gasteiger partial charge in [-0.3, -0.25) is 15.0 Å². The van der Waals surface area contributed by atoms with E-state index < -0.39 is 11.8 Å². The lowest BCUT2D eigenvalue weighted by Gasteiger charge is -2.36. The maximum Gasteiger partial charge on any atom is 0.411 e. The molecule has 1 unspecified atom stereocenters. The lowest BCUT2D eigenvalue weighted by molar-refractivity contribution is 0.0704. The monoisotopic (exact) mass is 485 g/mol. The molecular weight excluding hydrogens is 462 g/mol. The van der Waals surface area contributed by atoms with Gasteiger partial charge in [-0.15, -0.1) is 0 Å². The minimum atomic E-state index is -1.80. The Hall–Kier alpha value is -4.41. The molecule has 6 rings (SSSR count). The summed E-state index contributed by atoms with van der Waals surface area (Å²) >= 11 is 0. The van der Waals surface area contributed by atoms with E-state index in [9.17, 15) is 14.7 Å². The molecule has 4 aromatic rings. The molecule has 0 aliphatic carbocycles. The molecule has 10 heteroatoms. The highest BCUT2D eigenvalue weighted by molar-refractivity contribution is 6.12. The molecule has 1 aromatic heterocycles. The van der Waals surface area contributed by atoms with Crippen LogP contribution in [0.2, 0.25) is 0 Å². The van der Waals surface area contributed by atoms with E-state index in [0.29, 0.717) is 46.6 Å². The molecule has 1 atom stereocenters. The number of carboxylic acid groups (broad SMARTS) is 1. The molecule has 36 heavy (non-hydrogen) atoms. The van der Waals surface area contributed by atoms with E-state index in [1.807, 2.05) is 18.2 Å². The van der Waals surface area contributed by atoms with Gasteiger partial charge in [0.05, 0.1) is 24.2 Å². The van der Waals surface area contributed by atoms with E-state index >= 15 is 0 Å². The number of aromatic nitrogens is 2. The first-order valence-electron chi connectivity index (χ1n) is 11.5. The lowest BCUT2D eigenvalue weighted by Crippen LogP contribution is -2.45. The number of carbonyl (C=O) groups is 2. The Labute approximate surface area is 205 Å². The third-order valence-electron chi connectivity index (χ3n) is 6.63. The minimum Gasteiger partial charge on any atom is -0.465 e. The highest BCUT2D eigenvalue weighted by Gasteiger charge is 2.50. The van der Waals surface area contributed by atoms with Crippen LogP contribution in [0.15, 0.2) is 66.7 Å². The second kappa shape index (κ2) is 8.36. The van der Waals surface area contributed by atoms with Gasteiger partial charge in [-0.25, -0.2) is 9.78 Å². The summed E-state index contributed by atoms with van der Waals surface area (Å²) in [7, 11) is 0. The number of rotatable bonds is 4. The van der Waals surface area contributed by atoms with E-state index in [0.717, 1.165) is 18.8 Å². The van der Waals surface area contributed by atoms with Crippen LogP contribution in [0.4, 0.5) is 22.1 Å². The van der Waals surface area contributed by atoms with Crippen LogP contribution in [0.5, 0.6) is 0 Å². The second-order valence-electron chi connectivity index (χ2n) is 8.73. The first-order chi connectivity index (χ1) is 17.4. The van der Waals surface area contributed by atoms with Crippen molar-refractivity contribution in [2.45, 2.75) is 5.72 Å². The van der Waals surface area contributed by atoms with Crippen molar-refractivity contribution in [3.63, 3.8) is 0 Å². The number of hydrogen-bond acceptors (Lipinski definition) is 6. The molecule has 10 nitrogen and oxygen atoms in total. The molecule has 0 bridgehead atoms. The molecule has 0 radical (unpaired) electrons. The summed E-state index contributed by atoms with van der Waals surface area (Å²) in [5, 5.41) is 23.5. The highest BCUT2D eigenvalue weighted by atomic mass is 16.5. The SMILES string of the molecule is O=C(O)Nc1nc2cc(C3(O)c4ccccc4C(=O)N3c3cccc(N4CCOCC4)c3)ccc2[nH]1. The molecule has 1 fully saturated rings. The van der Waals surface area contributed by atoms with Gasteiger partial charge in [0.15, 0.2) is 5.72 Å². The fourth-order valence-electron chi connectivity index (χ4n) is 4.98. The number of H-pyrrole nitrogens is 1. The predicted octanol–water partition coefficient (Wildman–Crippen LogP) is 3.34. The van der Waals surface area contributed by atoms with Crippen LogP contribution in [-0.2, 0) is 10.5 Å². The number of amides is 2. The predicted molar refractivity (Wildman–Crippen MR) is 133 cm³/mol. The summed E-state index contributed by atoms with van der Waals surface area (Å²) in [6, 6.07) is 19.6. The zero-order chi connectivity index (χ0) is 24.9. The molecule has 4 N–H and O–H groups in total. The summed E-state index contributed by atoms with van der Waals surface area (Å²) in [5.41, 5.74) is 2.03. The van der Waals surface area contributed by atoms with Crippen LogP contribution in [0.3, 0.4) is 0 Å². The van der Waals surface area contributed by atoms with E-state index in [1.165, 1.54) is 4.90 Å². The Morgan fingerprint density at radius 3 is 2.61 bits per heavy atom. The third kappa shape index (κ3) is 3.46. The third-order valence-corrected chi connectivity index (χ3v) is 6.63. The quantitative estimate of drug-likeness (QED) is 0.349. The second-order valence-corrected chi connectivity index (χ2v) is 8.73. The Morgan fingerprint density at radius 1 is 1.03 bits per heavy atom. The number of ether oxygens (including phenoxy) is 1. The molecule has 0 spiro atoms. The van der Waals surface area contributed by atoms with Crippen LogP contribution in [0, 0.1) is 0 Å². The zero-order valence-corrected chi connectivity index (χ0v) is 19.1. The van der Waals surface area contributed by atoms with Crippen molar-refractivity contribution in [1.29, 1.82) is 0 Å². The highest BCUT2D eigenvalue weighted by Crippen LogP contribution is 2.46. The van der Waals surface area contributed by atoms with Crippen LogP contribution in [0.25, 0.3) is 11.0 Å². The molecule has 3 heterocycles.